The van der Waals surface area contributed by atoms with Crippen LogP contribution in [0.25, 0.3) is 0 Å². The predicted octanol–water partition coefficient (Wildman–Crippen LogP) is 1.13. The lowest BCUT2D eigenvalue weighted by Crippen LogP contribution is -2.58. The lowest BCUT2D eigenvalue weighted by atomic mass is 10.1. The van der Waals surface area contributed by atoms with Crippen molar-refractivity contribution in [3.63, 3.8) is 0 Å². The quantitative estimate of drug-likeness (QED) is 0.708. The molecule has 1 fully saturated rings. The lowest BCUT2D eigenvalue weighted by Gasteiger charge is -2.42. The third-order valence-electron chi connectivity index (χ3n) is 3.06. The molecule has 88 valence electrons. The number of carbonyl (C=O) groups excluding carboxylic acids is 1. The molecule has 0 spiro atoms. The summed E-state index contributed by atoms with van der Waals surface area (Å²) in [6.45, 7) is 9.93. The molecule has 0 bridgehead atoms. The van der Waals surface area contributed by atoms with Gasteiger partial charge in [0.05, 0.1) is 0 Å². The fourth-order valence-electron chi connectivity index (χ4n) is 1.91. The van der Waals surface area contributed by atoms with Crippen molar-refractivity contribution in [2.75, 3.05) is 20.1 Å². The van der Waals surface area contributed by atoms with E-state index >= 15 is 0 Å². The highest BCUT2D eigenvalue weighted by atomic mass is 16.2. The number of piperazine rings is 1. The van der Waals surface area contributed by atoms with E-state index < -0.39 is 0 Å². The molecule has 1 saturated heterocycles. The molecule has 2 unspecified atom stereocenters. The van der Waals surface area contributed by atoms with E-state index in [9.17, 15) is 4.79 Å². The van der Waals surface area contributed by atoms with E-state index in [1.165, 1.54) is 0 Å². The fraction of sp³-hybridized carbons (Fsp3) is 0.909. The second-order valence-electron chi connectivity index (χ2n) is 4.87. The number of carbonyl (C=O) groups is 1. The first-order valence-corrected chi connectivity index (χ1v) is 5.69. The summed E-state index contributed by atoms with van der Waals surface area (Å²) in [7, 11) is 2.12. The number of hydrogen-bond donors (Lipinski definition) is 1. The Kier molecular flexibility index (Phi) is 3.97. The minimum absolute atomic E-state index is 0.0665. The molecule has 4 nitrogen and oxygen atoms in total. The summed E-state index contributed by atoms with van der Waals surface area (Å²) in [4.78, 5) is 16.0. The molecule has 0 aliphatic carbocycles. The summed E-state index contributed by atoms with van der Waals surface area (Å²) < 4.78 is 0. The molecular formula is C11H23N3O. The topological polar surface area (TPSA) is 35.6 Å². The Morgan fingerprint density at radius 3 is 2.13 bits per heavy atom. The molecule has 0 aromatic rings. The minimum atomic E-state index is 0.0665. The Bertz CT molecular complexity index is 218. The van der Waals surface area contributed by atoms with Gasteiger partial charge in [-0.05, 0) is 34.7 Å². The van der Waals surface area contributed by atoms with Gasteiger partial charge in [0.2, 0.25) is 0 Å². The van der Waals surface area contributed by atoms with Crippen molar-refractivity contribution >= 4 is 6.03 Å². The molecule has 1 rings (SSSR count). The van der Waals surface area contributed by atoms with Gasteiger partial charge >= 0.3 is 6.03 Å². The van der Waals surface area contributed by atoms with Crippen molar-refractivity contribution in [3.05, 3.63) is 0 Å². The van der Waals surface area contributed by atoms with Gasteiger partial charge in [-0.3, -0.25) is 4.90 Å². The van der Waals surface area contributed by atoms with Crippen molar-refractivity contribution in [1.29, 1.82) is 0 Å². The maximum Gasteiger partial charge on any atom is 0.317 e. The first-order chi connectivity index (χ1) is 6.91. The van der Waals surface area contributed by atoms with Crippen LogP contribution in [0.3, 0.4) is 0 Å². The summed E-state index contributed by atoms with van der Waals surface area (Å²) in [5.41, 5.74) is 0. The molecule has 0 aromatic carbocycles. The molecule has 0 radical (unpaired) electrons. The van der Waals surface area contributed by atoms with E-state index in [0.29, 0.717) is 12.1 Å². The Labute approximate surface area is 92.6 Å². The molecule has 1 aliphatic rings. The van der Waals surface area contributed by atoms with Crippen molar-refractivity contribution in [1.82, 2.24) is 15.1 Å². The van der Waals surface area contributed by atoms with Crippen LogP contribution in [0.5, 0.6) is 0 Å². The van der Waals surface area contributed by atoms with E-state index in [2.05, 4.69) is 31.1 Å². The van der Waals surface area contributed by atoms with Gasteiger partial charge in [-0.25, -0.2) is 4.79 Å². The van der Waals surface area contributed by atoms with Crippen LogP contribution < -0.4 is 5.32 Å². The number of amides is 2. The van der Waals surface area contributed by atoms with Crippen LogP contribution in [0, 0.1) is 0 Å². The SMILES string of the molecule is CC(C)NC(=O)N1CC(C)N(C)C(C)C1. The van der Waals surface area contributed by atoms with Crippen LogP contribution in [0.2, 0.25) is 0 Å². The second-order valence-corrected chi connectivity index (χ2v) is 4.87. The van der Waals surface area contributed by atoms with Crippen LogP contribution in [0.4, 0.5) is 4.79 Å². The highest BCUT2D eigenvalue weighted by molar-refractivity contribution is 5.74. The number of rotatable bonds is 1. The average molecular weight is 213 g/mol. The summed E-state index contributed by atoms with van der Waals surface area (Å²) in [5.74, 6) is 0. The van der Waals surface area contributed by atoms with Gasteiger partial charge in [0.1, 0.15) is 0 Å². The van der Waals surface area contributed by atoms with Gasteiger partial charge in [0, 0.05) is 31.2 Å². The maximum absolute atomic E-state index is 11.8. The van der Waals surface area contributed by atoms with Crippen molar-refractivity contribution in [2.45, 2.75) is 45.8 Å². The highest BCUT2D eigenvalue weighted by Gasteiger charge is 2.29. The molecule has 0 aromatic heterocycles. The van der Waals surface area contributed by atoms with Gasteiger partial charge in [0.25, 0.3) is 0 Å². The molecular weight excluding hydrogens is 190 g/mol. The zero-order valence-corrected chi connectivity index (χ0v) is 10.4. The molecule has 0 saturated carbocycles. The summed E-state index contributed by atoms with van der Waals surface area (Å²) in [6, 6.07) is 1.15. The van der Waals surface area contributed by atoms with Crippen molar-refractivity contribution < 1.29 is 4.79 Å². The average Bonchev–Trinajstić information content (AvgIpc) is 2.12. The summed E-state index contributed by atoms with van der Waals surface area (Å²) in [6.07, 6.45) is 0. The van der Waals surface area contributed by atoms with E-state index in [1.54, 1.807) is 0 Å². The second kappa shape index (κ2) is 4.84. The zero-order valence-electron chi connectivity index (χ0n) is 10.4. The molecule has 15 heavy (non-hydrogen) atoms. The van der Waals surface area contributed by atoms with Gasteiger partial charge in [-0.15, -0.1) is 0 Å². The number of hydrogen-bond acceptors (Lipinski definition) is 2. The number of nitrogens with one attached hydrogen (secondary N) is 1. The third-order valence-corrected chi connectivity index (χ3v) is 3.06. The zero-order chi connectivity index (χ0) is 11.6. The highest BCUT2D eigenvalue weighted by Crippen LogP contribution is 2.13. The summed E-state index contributed by atoms with van der Waals surface area (Å²) >= 11 is 0. The van der Waals surface area contributed by atoms with Crippen LogP contribution >= 0.6 is 0 Å². The van der Waals surface area contributed by atoms with Crippen molar-refractivity contribution in [3.8, 4) is 0 Å². The molecule has 2 atom stereocenters. The van der Waals surface area contributed by atoms with Gasteiger partial charge in [0.15, 0.2) is 0 Å². The van der Waals surface area contributed by atoms with Crippen LogP contribution in [-0.2, 0) is 0 Å². The smallest absolute Gasteiger partial charge is 0.317 e. The maximum atomic E-state index is 11.8. The molecule has 4 heteroatoms. The first kappa shape index (κ1) is 12.3. The number of likely N-dealkylation sites (N-methyl/N-ethyl adjacent to an activating group) is 1. The molecule has 1 heterocycles. The number of urea groups is 1. The number of nitrogens with zero attached hydrogens (tertiary/aromatic N) is 2. The Morgan fingerprint density at radius 2 is 1.73 bits per heavy atom. The monoisotopic (exact) mass is 213 g/mol. The minimum Gasteiger partial charge on any atom is -0.336 e. The van der Waals surface area contributed by atoms with E-state index in [1.807, 2.05) is 18.7 Å². The first-order valence-electron chi connectivity index (χ1n) is 5.69. The van der Waals surface area contributed by atoms with Crippen LogP contribution in [-0.4, -0.2) is 54.1 Å². The Balaban J connectivity index is 2.54. The molecule has 1 N–H and O–H groups in total. The Hall–Kier alpha value is -0.770. The standard InChI is InChI=1S/C11H23N3O/c1-8(2)12-11(15)14-6-9(3)13(5)10(4)7-14/h8-10H,6-7H2,1-5H3,(H,12,15). The van der Waals surface area contributed by atoms with E-state index in [-0.39, 0.29) is 12.1 Å². The molecule has 1 aliphatic heterocycles. The normalized spacial score (nSPS) is 28.3. The third kappa shape index (κ3) is 3.09. The van der Waals surface area contributed by atoms with Gasteiger partial charge in [-0.2, -0.15) is 0 Å². The van der Waals surface area contributed by atoms with Crippen LogP contribution in [0.15, 0.2) is 0 Å². The Morgan fingerprint density at radius 1 is 1.27 bits per heavy atom. The fourth-order valence-corrected chi connectivity index (χ4v) is 1.91. The largest absolute Gasteiger partial charge is 0.336 e. The van der Waals surface area contributed by atoms with Crippen molar-refractivity contribution in [2.24, 2.45) is 0 Å². The van der Waals surface area contributed by atoms with E-state index in [4.69, 9.17) is 0 Å². The van der Waals surface area contributed by atoms with E-state index in [0.717, 1.165) is 13.1 Å². The van der Waals surface area contributed by atoms with Gasteiger partial charge < -0.3 is 10.2 Å². The molecule has 2 amide bonds. The van der Waals surface area contributed by atoms with Crippen LogP contribution in [0.1, 0.15) is 27.7 Å². The lowest BCUT2D eigenvalue weighted by molar-refractivity contribution is 0.0764. The summed E-state index contributed by atoms with van der Waals surface area (Å²) in [5, 5.41) is 2.94. The predicted molar refractivity (Wildman–Crippen MR) is 61.9 cm³/mol. The van der Waals surface area contributed by atoms with Gasteiger partial charge in [-0.1, -0.05) is 0 Å².